The molecule has 0 saturated carbocycles. The third-order valence-corrected chi connectivity index (χ3v) is 10.2. The van der Waals surface area contributed by atoms with Gasteiger partial charge in [0.15, 0.2) is 0 Å². The molecule has 0 atom stereocenters. The number of anilines is 3. The number of nitriles is 1. The van der Waals surface area contributed by atoms with E-state index in [9.17, 15) is 5.26 Å². The summed E-state index contributed by atoms with van der Waals surface area (Å²) >= 11 is 0. The predicted molar refractivity (Wildman–Crippen MR) is 218 cm³/mol. The number of rotatable bonds is 6. The van der Waals surface area contributed by atoms with Crippen LogP contribution in [0.15, 0.2) is 192 Å². The van der Waals surface area contributed by atoms with Gasteiger partial charge in [-0.2, -0.15) is 5.26 Å². The summed E-state index contributed by atoms with van der Waals surface area (Å²) in [7, 11) is 0. The van der Waals surface area contributed by atoms with E-state index in [1.807, 2.05) is 36.4 Å². The van der Waals surface area contributed by atoms with Gasteiger partial charge in [0.2, 0.25) is 0 Å². The smallest absolute Gasteiger partial charge is 0.135 e. The number of fused-ring (bicyclic) bond motifs is 6. The molecule has 0 spiro atoms. The van der Waals surface area contributed by atoms with Gasteiger partial charge >= 0.3 is 0 Å². The molecule has 0 saturated heterocycles. The van der Waals surface area contributed by atoms with E-state index in [1.165, 1.54) is 10.8 Å². The largest absolute Gasteiger partial charge is 0.456 e. The van der Waals surface area contributed by atoms with E-state index in [2.05, 4.69) is 167 Å². The van der Waals surface area contributed by atoms with Crippen molar-refractivity contribution in [1.82, 2.24) is 4.57 Å². The van der Waals surface area contributed by atoms with Crippen LogP contribution >= 0.6 is 0 Å². The Labute approximate surface area is 306 Å². The first kappa shape index (κ1) is 30.5. The van der Waals surface area contributed by atoms with Crippen LogP contribution in [-0.4, -0.2) is 4.57 Å². The molecule has 53 heavy (non-hydrogen) atoms. The molecule has 248 valence electrons. The highest BCUT2D eigenvalue weighted by Crippen LogP contribution is 2.42. The third kappa shape index (κ3) is 5.23. The van der Waals surface area contributed by atoms with Crippen molar-refractivity contribution in [3.05, 3.63) is 194 Å². The molecule has 10 rings (SSSR count). The summed E-state index contributed by atoms with van der Waals surface area (Å²) in [4.78, 5) is 2.33. The number of furan rings is 1. The molecule has 0 bridgehead atoms. The van der Waals surface area contributed by atoms with Gasteiger partial charge in [0.1, 0.15) is 11.2 Å². The Morgan fingerprint density at radius 2 is 0.981 bits per heavy atom. The maximum Gasteiger partial charge on any atom is 0.135 e. The Balaban J connectivity index is 1.21. The molecule has 4 heteroatoms. The van der Waals surface area contributed by atoms with Gasteiger partial charge in [-0.15, -0.1) is 0 Å². The lowest BCUT2D eigenvalue weighted by atomic mass is 9.95. The Morgan fingerprint density at radius 1 is 0.415 bits per heavy atom. The van der Waals surface area contributed by atoms with Crippen LogP contribution in [0, 0.1) is 11.3 Å². The molecular formula is C49H31N3O. The zero-order valence-electron chi connectivity index (χ0n) is 28.6. The molecule has 2 heterocycles. The second-order valence-corrected chi connectivity index (χ2v) is 13.3. The molecule has 0 aliphatic rings. The van der Waals surface area contributed by atoms with Gasteiger partial charge in [0.25, 0.3) is 0 Å². The van der Waals surface area contributed by atoms with Crippen LogP contribution in [-0.2, 0) is 0 Å². The lowest BCUT2D eigenvalue weighted by Gasteiger charge is -2.26. The highest BCUT2D eigenvalue weighted by atomic mass is 16.3. The van der Waals surface area contributed by atoms with Crippen LogP contribution in [0.3, 0.4) is 0 Å². The van der Waals surface area contributed by atoms with Gasteiger partial charge in [-0.3, -0.25) is 0 Å². The fourth-order valence-corrected chi connectivity index (χ4v) is 7.70. The zero-order chi connectivity index (χ0) is 35.3. The third-order valence-electron chi connectivity index (χ3n) is 10.2. The minimum absolute atomic E-state index is 0.646. The lowest BCUT2D eigenvalue weighted by molar-refractivity contribution is 0.669. The number of nitrogens with zero attached hydrogens (tertiary/aromatic N) is 3. The van der Waals surface area contributed by atoms with Crippen molar-refractivity contribution in [3.8, 4) is 34.0 Å². The molecular weight excluding hydrogens is 647 g/mol. The number of hydrogen-bond acceptors (Lipinski definition) is 3. The summed E-state index contributed by atoms with van der Waals surface area (Å²) in [5.74, 6) is 0. The minimum Gasteiger partial charge on any atom is -0.456 e. The Morgan fingerprint density at radius 3 is 1.68 bits per heavy atom. The summed E-state index contributed by atoms with van der Waals surface area (Å²) in [5.41, 5.74) is 13.4. The van der Waals surface area contributed by atoms with E-state index in [-0.39, 0.29) is 0 Å². The molecule has 0 amide bonds. The van der Waals surface area contributed by atoms with E-state index < -0.39 is 0 Å². The van der Waals surface area contributed by atoms with Gasteiger partial charge in [0.05, 0.1) is 22.7 Å². The summed E-state index contributed by atoms with van der Waals surface area (Å²) in [6, 6.07) is 68.1. The SMILES string of the molecule is N#Cc1ccc(-n2c3ccccc3c3cc(-c4cc(-c5ccc6oc7ccccc7c6c5)cc(N(c5ccccc5)c5ccccc5)c4)ccc32)cc1. The molecule has 0 radical (unpaired) electrons. The van der Waals surface area contributed by atoms with Gasteiger partial charge < -0.3 is 13.9 Å². The minimum atomic E-state index is 0.646. The molecule has 2 aromatic heterocycles. The van der Waals surface area contributed by atoms with E-state index in [0.717, 1.165) is 78.0 Å². The number of aromatic nitrogens is 1. The fraction of sp³-hybridized carbons (Fsp3) is 0. The van der Waals surface area contributed by atoms with Crippen LogP contribution in [0.5, 0.6) is 0 Å². The summed E-state index contributed by atoms with van der Waals surface area (Å²) in [5, 5.41) is 14.0. The van der Waals surface area contributed by atoms with Crippen molar-refractivity contribution in [3.63, 3.8) is 0 Å². The van der Waals surface area contributed by atoms with Crippen LogP contribution in [0.1, 0.15) is 5.56 Å². The lowest BCUT2D eigenvalue weighted by Crippen LogP contribution is -2.10. The standard InChI is InChI=1S/C49H31N3O/c50-32-33-19-23-40(24-20-33)52-46-17-9-7-15-42(46)44-30-34(21-25-47(44)52)36-27-37(35-22-26-49-45(31-35)43-16-8-10-18-48(43)53-49)29-41(28-36)51(38-11-3-1-4-12-38)39-13-5-2-6-14-39/h1-31H. The van der Waals surface area contributed by atoms with Crippen molar-refractivity contribution < 1.29 is 4.42 Å². The van der Waals surface area contributed by atoms with E-state index in [0.29, 0.717) is 5.56 Å². The molecule has 0 N–H and O–H groups in total. The van der Waals surface area contributed by atoms with Crippen molar-refractivity contribution >= 4 is 60.8 Å². The molecule has 0 aliphatic heterocycles. The van der Waals surface area contributed by atoms with Crippen molar-refractivity contribution in [2.75, 3.05) is 4.90 Å². The molecule has 10 aromatic rings. The van der Waals surface area contributed by atoms with Gasteiger partial charge in [-0.1, -0.05) is 84.9 Å². The molecule has 0 unspecified atom stereocenters. The summed E-state index contributed by atoms with van der Waals surface area (Å²) in [6.07, 6.45) is 0. The average molecular weight is 678 g/mol. The molecule has 0 fully saturated rings. The molecule has 0 aliphatic carbocycles. The van der Waals surface area contributed by atoms with E-state index >= 15 is 0 Å². The van der Waals surface area contributed by atoms with Crippen LogP contribution in [0.2, 0.25) is 0 Å². The molecule has 4 nitrogen and oxygen atoms in total. The van der Waals surface area contributed by atoms with Crippen molar-refractivity contribution in [1.29, 1.82) is 5.26 Å². The summed E-state index contributed by atoms with van der Waals surface area (Å²) in [6.45, 7) is 0. The van der Waals surface area contributed by atoms with Crippen molar-refractivity contribution in [2.24, 2.45) is 0 Å². The van der Waals surface area contributed by atoms with Crippen LogP contribution < -0.4 is 4.90 Å². The number of hydrogen-bond donors (Lipinski definition) is 0. The van der Waals surface area contributed by atoms with Crippen LogP contribution in [0.4, 0.5) is 17.1 Å². The van der Waals surface area contributed by atoms with E-state index in [4.69, 9.17) is 4.42 Å². The Kier molecular flexibility index (Phi) is 7.16. The Bertz CT molecular complexity index is 2970. The van der Waals surface area contributed by atoms with E-state index in [1.54, 1.807) is 0 Å². The number of benzene rings is 8. The fourth-order valence-electron chi connectivity index (χ4n) is 7.70. The topological polar surface area (TPSA) is 45.1 Å². The quantitative estimate of drug-likeness (QED) is 0.176. The summed E-state index contributed by atoms with van der Waals surface area (Å²) < 4.78 is 8.50. The van der Waals surface area contributed by atoms with Gasteiger partial charge in [-0.05, 0) is 125 Å². The van der Waals surface area contributed by atoms with Gasteiger partial charge in [-0.25, -0.2) is 0 Å². The molecule has 8 aromatic carbocycles. The average Bonchev–Trinajstić information content (AvgIpc) is 3.77. The van der Waals surface area contributed by atoms with Gasteiger partial charge in [0, 0.05) is 44.3 Å². The second-order valence-electron chi connectivity index (χ2n) is 13.3. The first-order chi connectivity index (χ1) is 26.2. The van der Waals surface area contributed by atoms with Crippen molar-refractivity contribution in [2.45, 2.75) is 0 Å². The second kappa shape index (κ2) is 12.5. The predicted octanol–water partition coefficient (Wildman–Crippen LogP) is 13.4. The maximum absolute atomic E-state index is 9.43. The van der Waals surface area contributed by atoms with Crippen LogP contribution in [0.25, 0.3) is 71.7 Å². The monoisotopic (exact) mass is 677 g/mol. The zero-order valence-corrected chi connectivity index (χ0v) is 28.6. The highest BCUT2D eigenvalue weighted by Gasteiger charge is 2.18. The maximum atomic E-state index is 9.43. The first-order valence-corrected chi connectivity index (χ1v) is 17.7. The Hall–Kier alpha value is -7.35. The number of para-hydroxylation sites is 4. The highest BCUT2D eigenvalue weighted by molar-refractivity contribution is 6.11. The first-order valence-electron chi connectivity index (χ1n) is 17.7. The normalized spacial score (nSPS) is 11.4.